The summed E-state index contributed by atoms with van der Waals surface area (Å²) in [5.74, 6) is -0.124. The van der Waals surface area contributed by atoms with Gasteiger partial charge in [0.05, 0.1) is 5.92 Å². The highest BCUT2D eigenvalue weighted by atomic mass is 16.2. The van der Waals surface area contributed by atoms with E-state index in [1.165, 1.54) is 31.4 Å². The summed E-state index contributed by atoms with van der Waals surface area (Å²) in [7, 11) is 0. The van der Waals surface area contributed by atoms with E-state index in [2.05, 4.69) is 10.2 Å². The number of carbonyl (C=O) groups is 2. The van der Waals surface area contributed by atoms with E-state index in [4.69, 9.17) is 0 Å². The zero-order chi connectivity index (χ0) is 17.4. The van der Waals surface area contributed by atoms with Crippen LogP contribution < -0.4 is 10.2 Å². The molecule has 1 aromatic rings. The molecule has 25 heavy (non-hydrogen) atoms. The van der Waals surface area contributed by atoms with Gasteiger partial charge in [-0.15, -0.1) is 0 Å². The number of nitrogens with one attached hydrogen (secondary N) is 1. The molecule has 5 heteroatoms. The Hall–Kier alpha value is -1.88. The van der Waals surface area contributed by atoms with E-state index >= 15 is 0 Å². The van der Waals surface area contributed by atoms with Crippen molar-refractivity contribution in [1.29, 1.82) is 0 Å². The molecular weight excluding hydrogens is 314 g/mol. The van der Waals surface area contributed by atoms with E-state index in [0.717, 1.165) is 18.7 Å². The fraction of sp³-hybridized carbons (Fsp3) is 0.600. The molecule has 1 aromatic carbocycles. The second kappa shape index (κ2) is 6.79. The molecule has 5 nitrogen and oxygen atoms in total. The molecule has 0 aliphatic carbocycles. The van der Waals surface area contributed by atoms with Crippen LogP contribution in [0.5, 0.6) is 0 Å². The molecule has 3 fully saturated rings. The van der Waals surface area contributed by atoms with Gasteiger partial charge in [-0.25, -0.2) is 0 Å². The molecule has 2 amide bonds. The third-order valence-electron chi connectivity index (χ3n) is 6.03. The summed E-state index contributed by atoms with van der Waals surface area (Å²) in [6, 6.07) is 8.70. The van der Waals surface area contributed by atoms with Gasteiger partial charge in [-0.2, -0.15) is 0 Å². The number of hydrogen-bond acceptors (Lipinski definition) is 3. The quantitative estimate of drug-likeness (QED) is 0.916. The topological polar surface area (TPSA) is 52.7 Å². The van der Waals surface area contributed by atoms with Gasteiger partial charge in [-0.1, -0.05) is 24.1 Å². The Labute approximate surface area is 149 Å². The maximum absolute atomic E-state index is 12.7. The van der Waals surface area contributed by atoms with Crippen molar-refractivity contribution in [1.82, 2.24) is 10.2 Å². The van der Waals surface area contributed by atoms with Crippen molar-refractivity contribution in [2.24, 2.45) is 5.92 Å². The summed E-state index contributed by atoms with van der Waals surface area (Å²) in [4.78, 5) is 29.4. The molecule has 3 aliphatic heterocycles. The van der Waals surface area contributed by atoms with Gasteiger partial charge in [0.15, 0.2) is 0 Å². The number of amides is 2. The minimum absolute atomic E-state index is 0.0507. The average molecular weight is 341 g/mol. The third-order valence-corrected chi connectivity index (χ3v) is 6.03. The van der Waals surface area contributed by atoms with Crippen LogP contribution in [0.3, 0.4) is 0 Å². The maximum Gasteiger partial charge on any atom is 0.227 e. The highest BCUT2D eigenvalue weighted by molar-refractivity contribution is 6.00. The lowest BCUT2D eigenvalue weighted by atomic mass is 9.98. The third kappa shape index (κ3) is 3.30. The van der Waals surface area contributed by atoms with Gasteiger partial charge in [0.2, 0.25) is 11.8 Å². The van der Waals surface area contributed by atoms with Crippen LogP contribution in [0, 0.1) is 12.8 Å². The summed E-state index contributed by atoms with van der Waals surface area (Å²) >= 11 is 0. The Balaban J connectivity index is 1.38. The van der Waals surface area contributed by atoms with Crippen molar-refractivity contribution in [3.05, 3.63) is 29.8 Å². The van der Waals surface area contributed by atoms with Crippen molar-refractivity contribution in [3.63, 3.8) is 0 Å². The molecule has 0 bridgehead atoms. The molecule has 3 aliphatic rings. The fourth-order valence-electron chi connectivity index (χ4n) is 4.57. The summed E-state index contributed by atoms with van der Waals surface area (Å²) in [5.41, 5.74) is 2.06. The second-order valence-electron chi connectivity index (χ2n) is 7.74. The van der Waals surface area contributed by atoms with Crippen LogP contribution in [0.2, 0.25) is 0 Å². The lowest BCUT2D eigenvalue weighted by Crippen LogP contribution is -2.48. The Kier molecular flexibility index (Phi) is 4.50. The number of carbonyl (C=O) groups excluding carboxylic acids is 2. The summed E-state index contributed by atoms with van der Waals surface area (Å²) in [6.07, 6.45) is 5.08. The van der Waals surface area contributed by atoms with Crippen LogP contribution in [0.15, 0.2) is 24.3 Å². The zero-order valence-corrected chi connectivity index (χ0v) is 14.9. The first kappa shape index (κ1) is 16.6. The first-order valence-electron chi connectivity index (χ1n) is 9.53. The number of rotatable bonds is 3. The van der Waals surface area contributed by atoms with Crippen LogP contribution in [0.4, 0.5) is 5.69 Å². The van der Waals surface area contributed by atoms with Crippen LogP contribution in [0.25, 0.3) is 0 Å². The minimum atomic E-state index is -0.230. The average Bonchev–Trinajstić information content (AvgIpc) is 3.20. The van der Waals surface area contributed by atoms with Crippen molar-refractivity contribution < 1.29 is 9.59 Å². The molecule has 134 valence electrons. The summed E-state index contributed by atoms with van der Waals surface area (Å²) < 4.78 is 0. The highest BCUT2D eigenvalue weighted by Crippen LogP contribution is 2.29. The number of nitrogens with zero attached hydrogens (tertiary/aromatic N) is 2. The Morgan fingerprint density at radius 1 is 1.12 bits per heavy atom. The van der Waals surface area contributed by atoms with Gasteiger partial charge >= 0.3 is 0 Å². The number of fused-ring (bicyclic) bond motifs is 1. The minimum Gasteiger partial charge on any atom is -0.351 e. The first-order valence-corrected chi connectivity index (χ1v) is 9.53. The molecule has 0 spiro atoms. The van der Waals surface area contributed by atoms with Gasteiger partial charge < -0.3 is 10.2 Å². The second-order valence-corrected chi connectivity index (χ2v) is 7.74. The van der Waals surface area contributed by atoms with Crippen molar-refractivity contribution in [2.45, 2.75) is 51.1 Å². The summed E-state index contributed by atoms with van der Waals surface area (Å²) in [6.45, 7) is 4.78. The number of hydrogen-bond donors (Lipinski definition) is 1. The largest absolute Gasteiger partial charge is 0.351 e. The molecule has 4 rings (SSSR count). The van der Waals surface area contributed by atoms with Crippen molar-refractivity contribution >= 4 is 17.5 Å². The molecule has 3 saturated heterocycles. The van der Waals surface area contributed by atoms with E-state index in [1.54, 1.807) is 4.90 Å². The maximum atomic E-state index is 12.7. The van der Waals surface area contributed by atoms with Gasteiger partial charge in [-0.3, -0.25) is 14.5 Å². The van der Waals surface area contributed by atoms with Crippen LogP contribution in [0.1, 0.15) is 37.7 Å². The summed E-state index contributed by atoms with van der Waals surface area (Å²) in [5, 5.41) is 3.26. The molecule has 0 unspecified atom stereocenters. The molecule has 0 aromatic heterocycles. The van der Waals surface area contributed by atoms with Crippen LogP contribution in [-0.4, -0.2) is 48.4 Å². The Morgan fingerprint density at radius 2 is 1.92 bits per heavy atom. The van der Waals surface area contributed by atoms with Gasteiger partial charge in [0.25, 0.3) is 0 Å². The standard InChI is InChI=1S/C20H27N3O2/c1-14-5-7-16(8-6-14)23-13-15(12-19(23)24)20(25)21-17-9-11-22-10-3-2-4-18(17)22/h5-8,15,17-18H,2-4,9-13H2,1H3,(H,21,25)/t15-,17+,18-/m1/s1. The lowest BCUT2D eigenvalue weighted by molar-refractivity contribution is -0.127. The Bertz CT molecular complexity index is 657. The number of benzene rings is 1. The van der Waals surface area contributed by atoms with Crippen LogP contribution >= 0.6 is 0 Å². The predicted octanol–water partition coefficient (Wildman–Crippen LogP) is 2.09. The smallest absolute Gasteiger partial charge is 0.227 e. The van der Waals surface area contributed by atoms with Gasteiger partial charge in [-0.05, 0) is 44.9 Å². The van der Waals surface area contributed by atoms with E-state index in [1.807, 2.05) is 31.2 Å². The van der Waals surface area contributed by atoms with Gasteiger partial charge in [0.1, 0.15) is 0 Å². The number of aryl methyl sites for hydroxylation is 1. The number of piperidine rings is 1. The predicted molar refractivity (Wildman–Crippen MR) is 97.4 cm³/mol. The lowest BCUT2D eigenvalue weighted by Gasteiger charge is -2.32. The molecular formula is C20H27N3O2. The van der Waals surface area contributed by atoms with E-state index < -0.39 is 0 Å². The van der Waals surface area contributed by atoms with E-state index in [9.17, 15) is 9.59 Å². The zero-order valence-electron chi connectivity index (χ0n) is 14.9. The molecule has 1 N–H and O–H groups in total. The molecule has 3 atom stereocenters. The fourth-order valence-corrected chi connectivity index (χ4v) is 4.57. The van der Waals surface area contributed by atoms with E-state index in [0.29, 0.717) is 19.0 Å². The molecule has 0 saturated carbocycles. The monoisotopic (exact) mass is 341 g/mol. The molecule has 0 radical (unpaired) electrons. The van der Waals surface area contributed by atoms with Gasteiger partial charge in [0, 0.05) is 37.3 Å². The first-order chi connectivity index (χ1) is 12.1. The van der Waals surface area contributed by atoms with Crippen molar-refractivity contribution in [3.8, 4) is 0 Å². The molecule has 3 heterocycles. The van der Waals surface area contributed by atoms with Crippen LogP contribution in [-0.2, 0) is 9.59 Å². The highest BCUT2D eigenvalue weighted by Gasteiger charge is 2.40. The SMILES string of the molecule is Cc1ccc(N2C[C@H](C(=O)N[C@H]3CCN4CCCC[C@H]34)CC2=O)cc1. The number of anilines is 1. The Morgan fingerprint density at radius 3 is 2.72 bits per heavy atom. The normalized spacial score (nSPS) is 29.7. The van der Waals surface area contributed by atoms with Crippen molar-refractivity contribution in [2.75, 3.05) is 24.5 Å². The van der Waals surface area contributed by atoms with E-state index in [-0.39, 0.29) is 23.8 Å².